The van der Waals surface area contributed by atoms with Crippen molar-refractivity contribution in [3.8, 4) is 0 Å². The summed E-state index contributed by atoms with van der Waals surface area (Å²) in [6.45, 7) is 3.38. The third-order valence-electron chi connectivity index (χ3n) is 4.48. The minimum atomic E-state index is -0.203. The first kappa shape index (κ1) is 17.0. The second-order valence-electron chi connectivity index (χ2n) is 6.17. The number of anilines is 2. The molecule has 24 heavy (non-hydrogen) atoms. The van der Waals surface area contributed by atoms with E-state index in [1.54, 1.807) is 12.1 Å². The maximum Gasteiger partial charge on any atom is 0.227 e. The molecule has 5 heteroatoms. The summed E-state index contributed by atoms with van der Waals surface area (Å²) in [4.78, 5) is 14.5. The number of nitrogens with zero attached hydrogens (tertiary/aromatic N) is 1. The van der Waals surface area contributed by atoms with Crippen LogP contribution in [0.3, 0.4) is 0 Å². The summed E-state index contributed by atoms with van der Waals surface area (Å²) in [5.74, 6) is -0.187. The van der Waals surface area contributed by atoms with Gasteiger partial charge in [-0.1, -0.05) is 28.1 Å². The van der Waals surface area contributed by atoms with E-state index in [2.05, 4.69) is 21.2 Å². The fourth-order valence-corrected chi connectivity index (χ4v) is 3.30. The highest BCUT2D eigenvalue weighted by atomic mass is 79.9. The van der Waals surface area contributed by atoms with Crippen molar-refractivity contribution < 1.29 is 9.18 Å². The van der Waals surface area contributed by atoms with Crippen LogP contribution in [0.25, 0.3) is 0 Å². The number of piperidine rings is 1. The van der Waals surface area contributed by atoms with Crippen molar-refractivity contribution in [2.24, 2.45) is 5.92 Å². The smallest absolute Gasteiger partial charge is 0.227 e. The van der Waals surface area contributed by atoms with Crippen LogP contribution in [0.1, 0.15) is 18.4 Å². The highest BCUT2D eigenvalue weighted by Crippen LogP contribution is 2.27. The first-order valence-corrected chi connectivity index (χ1v) is 8.90. The van der Waals surface area contributed by atoms with Crippen LogP contribution >= 0.6 is 15.9 Å². The Labute approximate surface area is 150 Å². The Hall–Kier alpha value is -1.88. The SMILES string of the molecule is Cc1cc(NC(=O)C2CCN(c3ccccc3F)CC2)ccc1Br. The number of aryl methyl sites for hydroxylation is 1. The average molecular weight is 391 g/mol. The maximum absolute atomic E-state index is 13.9. The lowest BCUT2D eigenvalue weighted by Crippen LogP contribution is -2.38. The third-order valence-corrected chi connectivity index (χ3v) is 5.37. The number of para-hydroxylation sites is 1. The first-order valence-electron chi connectivity index (χ1n) is 8.11. The molecule has 2 aromatic rings. The second kappa shape index (κ2) is 7.34. The van der Waals surface area contributed by atoms with E-state index in [9.17, 15) is 9.18 Å². The molecule has 3 rings (SSSR count). The zero-order valence-electron chi connectivity index (χ0n) is 13.6. The standard InChI is InChI=1S/C19H20BrFN2O/c1-13-12-15(6-7-16(13)20)22-19(24)14-8-10-23(11-9-14)18-5-3-2-4-17(18)21/h2-7,12,14H,8-11H2,1H3,(H,22,24). The van der Waals surface area contributed by atoms with Crippen LogP contribution in [0.5, 0.6) is 0 Å². The van der Waals surface area contributed by atoms with E-state index in [0.29, 0.717) is 18.8 Å². The molecule has 1 fully saturated rings. The zero-order valence-corrected chi connectivity index (χ0v) is 15.1. The number of halogens is 2. The number of carbonyl (C=O) groups is 1. The fourth-order valence-electron chi connectivity index (χ4n) is 3.06. The van der Waals surface area contributed by atoms with Crippen LogP contribution in [0.2, 0.25) is 0 Å². The number of rotatable bonds is 3. The van der Waals surface area contributed by atoms with E-state index in [-0.39, 0.29) is 17.6 Å². The lowest BCUT2D eigenvalue weighted by Gasteiger charge is -2.33. The summed E-state index contributed by atoms with van der Waals surface area (Å²) >= 11 is 3.46. The highest BCUT2D eigenvalue weighted by molar-refractivity contribution is 9.10. The summed E-state index contributed by atoms with van der Waals surface area (Å²) in [5, 5.41) is 2.99. The number of hydrogen-bond acceptors (Lipinski definition) is 2. The van der Waals surface area contributed by atoms with Gasteiger partial charge in [-0.15, -0.1) is 0 Å². The molecule has 0 aromatic heterocycles. The number of hydrogen-bond donors (Lipinski definition) is 1. The van der Waals surface area contributed by atoms with Gasteiger partial charge in [0.15, 0.2) is 0 Å². The number of benzene rings is 2. The maximum atomic E-state index is 13.9. The molecule has 1 aliphatic heterocycles. The molecular weight excluding hydrogens is 371 g/mol. The van der Waals surface area contributed by atoms with Gasteiger partial charge in [-0.05, 0) is 55.7 Å². The van der Waals surface area contributed by atoms with Gasteiger partial charge in [-0.25, -0.2) is 4.39 Å². The number of carbonyl (C=O) groups excluding carboxylic acids is 1. The molecule has 0 spiro atoms. The number of nitrogens with one attached hydrogen (secondary N) is 1. The molecule has 1 N–H and O–H groups in total. The molecule has 0 aliphatic carbocycles. The van der Waals surface area contributed by atoms with Crippen molar-refractivity contribution in [1.82, 2.24) is 0 Å². The van der Waals surface area contributed by atoms with Gasteiger partial charge in [0, 0.05) is 29.2 Å². The molecule has 1 amide bonds. The molecule has 1 saturated heterocycles. The normalized spacial score (nSPS) is 15.4. The molecule has 2 aromatic carbocycles. The molecule has 0 radical (unpaired) electrons. The van der Waals surface area contributed by atoms with Crippen molar-refractivity contribution in [1.29, 1.82) is 0 Å². The predicted octanol–water partition coefficient (Wildman–Crippen LogP) is 4.75. The van der Waals surface area contributed by atoms with Crippen molar-refractivity contribution >= 4 is 33.2 Å². The first-order chi connectivity index (χ1) is 11.5. The summed E-state index contributed by atoms with van der Waals surface area (Å²) in [6, 6.07) is 12.6. The average Bonchev–Trinajstić information content (AvgIpc) is 2.59. The number of amides is 1. The fraction of sp³-hybridized carbons (Fsp3) is 0.316. The Morgan fingerprint density at radius 3 is 2.58 bits per heavy atom. The monoisotopic (exact) mass is 390 g/mol. The third kappa shape index (κ3) is 3.78. The van der Waals surface area contributed by atoms with Crippen molar-refractivity contribution in [3.63, 3.8) is 0 Å². The van der Waals surface area contributed by atoms with Gasteiger partial charge < -0.3 is 10.2 Å². The van der Waals surface area contributed by atoms with E-state index in [1.807, 2.05) is 36.1 Å². The Morgan fingerprint density at radius 1 is 1.21 bits per heavy atom. The van der Waals surface area contributed by atoms with E-state index < -0.39 is 0 Å². The Balaban J connectivity index is 1.59. The Morgan fingerprint density at radius 2 is 1.92 bits per heavy atom. The van der Waals surface area contributed by atoms with Gasteiger partial charge >= 0.3 is 0 Å². The van der Waals surface area contributed by atoms with E-state index in [1.165, 1.54) is 6.07 Å². The minimum Gasteiger partial charge on any atom is -0.369 e. The van der Waals surface area contributed by atoms with Gasteiger partial charge in [-0.3, -0.25) is 4.79 Å². The molecule has 1 aliphatic rings. The minimum absolute atomic E-state index is 0.0306. The summed E-state index contributed by atoms with van der Waals surface area (Å²) in [7, 11) is 0. The van der Waals surface area contributed by atoms with E-state index in [4.69, 9.17) is 0 Å². The Bertz CT molecular complexity index is 742. The molecule has 0 saturated carbocycles. The zero-order chi connectivity index (χ0) is 17.1. The van der Waals surface area contributed by atoms with Crippen molar-refractivity contribution in [2.75, 3.05) is 23.3 Å². The van der Waals surface area contributed by atoms with E-state index >= 15 is 0 Å². The molecule has 0 unspecified atom stereocenters. The molecular formula is C19H20BrFN2O. The van der Waals surface area contributed by atoms with Gasteiger partial charge in [-0.2, -0.15) is 0 Å². The molecule has 1 heterocycles. The van der Waals surface area contributed by atoms with Gasteiger partial charge in [0.2, 0.25) is 5.91 Å². The van der Waals surface area contributed by atoms with Crippen molar-refractivity contribution in [3.05, 3.63) is 58.3 Å². The van der Waals surface area contributed by atoms with E-state index in [0.717, 1.165) is 28.6 Å². The van der Waals surface area contributed by atoms with Gasteiger partial charge in [0.25, 0.3) is 0 Å². The van der Waals surface area contributed by atoms with Gasteiger partial charge in [0.1, 0.15) is 5.82 Å². The summed E-state index contributed by atoms with van der Waals surface area (Å²) < 4.78 is 14.9. The highest BCUT2D eigenvalue weighted by Gasteiger charge is 2.26. The predicted molar refractivity (Wildman–Crippen MR) is 98.8 cm³/mol. The molecule has 0 bridgehead atoms. The molecule has 3 nitrogen and oxygen atoms in total. The van der Waals surface area contributed by atoms with Crippen LogP contribution in [-0.2, 0) is 4.79 Å². The summed E-state index contributed by atoms with van der Waals surface area (Å²) in [5.41, 5.74) is 2.53. The topological polar surface area (TPSA) is 32.3 Å². The lowest BCUT2D eigenvalue weighted by molar-refractivity contribution is -0.120. The van der Waals surface area contributed by atoms with Crippen LogP contribution in [0.15, 0.2) is 46.9 Å². The van der Waals surface area contributed by atoms with Gasteiger partial charge in [0.05, 0.1) is 5.69 Å². The largest absolute Gasteiger partial charge is 0.369 e. The van der Waals surface area contributed by atoms with Crippen molar-refractivity contribution in [2.45, 2.75) is 19.8 Å². The van der Waals surface area contributed by atoms with Crippen LogP contribution in [0, 0.1) is 18.7 Å². The lowest BCUT2D eigenvalue weighted by atomic mass is 9.95. The molecule has 0 atom stereocenters. The van der Waals surface area contributed by atoms with Crippen LogP contribution in [0.4, 0.5) is 15.8 Å². The van der Waals surface area contributed by atoms with Crippen LogP contribution < -0.4 is 10.2 Å². The summed E-state index contributed by atoms with van der Waals surface area (Å²) in [6.07, 6.45) is 1.46. The quantitative estimate of drug-likeness (QED) is 0.819. The Kier molecular flexibility index (Phi) is 5.19. The second-order valence-corrected chi connectivity index (χ2v) is 7.02. The molecule has 126 valence electrons. The van der Waals surface area contributed by atoms with Crippen LogP contribution in [-0.4, -0.2) is 19.0 Å².